The molecule has 0 N–H and O–H groups in total. The Hall–Kier alpha value is -0.140. The Kier molecular flexibility index (Phi) is 3.40. The van der Waals surface area contributed by atoms with Crippen LogP contribution in [0.3, 0.4) is 0 Å². The zero-order chi connectivity index (χ0) is 11.8. The summed E-state index contributed by atoms with van der Waals surface area (Å²) in [6.07, 6.45) is 3.54. The second-order valence-electron chi connectivity index (χ2n) is 4.19. The van der Waals surface area contributed by atoms with E-state index in [9.17, 15) is 0 Å². The smallest absolute Gasteiger partial charge is 0.150 e. The molecule has 1 aliphatic heterocycles. The van der Waals surface area contributed by atoms with Crippen LogP contribution in [-0.4, -0.2) is 16.4 Å². The number of hydrogen-bond donors (Lipinski definition) is 0. The molecule has 1 aromatic carbocycles. The topological polar surface area (TPSA) is 27.1 Å². The quantitative estimate of drug-likeness (QED) is 0.666. The molecule has 1 aromatic heterocycles. The van der Waals surface area contributed by atoms with Gasteiger partial charge in [0, 0.05) is 16.5 Å². The summed E-state index contributed by atoms with van der Waals surface area (Å²) < 4.78 is 9.96. The third-order valence-electron chi connectivity index (χ3n) is 3.07. The monoisotopic (exact) mass is 406 g/mol. The summed E-state index contributed by atoms with van der Waals surface area (Å²) in [7, 11) is 0. The molecule has 90 valence electrons. The molecule has 0 saturated carbocycles. The van der Waals surface area contributed by atoms with Crippen molar-refractivity contribution in [1.82, 2.24) is 9.78 Å². The van der Waals surface area contributed by atoms with E-state index in [1.807, 2.05) is 10.7 Å². The highest BCUT2D eigenvalue weighted by Gasteiger charge is 2.20. The van der Waals surface area contributed by atoms with Gasteiger partial charge in [-0.25, -0.2) is 4.68 Å². The number of rotatable bonds is 1. The van der Waals surface area contributed by atoms with Crippen LogP contribution in [0.4, 0.5) is 0 Å². The Balaban J connectivity index is 2.13. The molecule has 1 atom stereocenters. The van der Waals surface area contributed by atoms with E-state index in [1.165, 1.54) is 11.8 Å². The van der Waals surface area contributed by atoms with Gasteiger partial charge in [-0.15, -0.1) is 0 Å². The molecule has 2 aromatic rings. The van der Waals surface area contributed by atoms with E-state index >= 15 is 0 Å². The van der Waals surface area contributed by atoms with Gasteiger partial charge in [0.2, 0.25) is 0 Å². The van der Waals surface area contributed by atoms with Crippen molar-refractivity contribution in [1.29, 1.82) is 0 Å². The van der Waals surface area contributed by atoms with Crippen molar-refractivity contribution in [3.8, 4) is 0 Å². The maximum Gasteiger partial charge on any atom is 0.150 e. The standard InChI is InChI=1S/C12H12BrIN2O/c13-8-4-3-5-9-11(8)12(14)15-16(9)10-6-1-2-7-17-10/h3-5,10H,1-2,6-7H2. The zero-order valence-corrected chi connectivity index (χ0v) is 12.9. The molecule has 0 spiro atoms. The van der Waals surface area contributed by atoms with Gasteiger partial charge >= 0.3 is 0 Å². The number of benzene rings is 1. The summed E-state index contributed by atoms with van der Waals surface area (Å²) in [5.74, 6) is 0. The van der Waals surface area contributed by atoms with Crippen molar-refractivity contribution in [3.05, 3.63) is 26.4 Å². The van der Waals surface area contributed by atoms with Crippen LogP contribution in [-0.2, 0) is 4.74 Å². The minimum Gasteiger partial charge on any atom is -0.356 e. The Morgan fingerprint density at radius 3 is 3.06 bits per heavy atom. The summed E-state index contributed by atoms with van der Waals surface area (Å²) in [5, 5.41) is 5.81. The predicted molar refractivity (Wildman–Crippen MR) is 79.0 cm³/mol. The molecule has 3 nitrogen and oxygen atoms in total. The van der Waals surface area contributed by atoms with E-state index < -0.39 is 0 Å². The molecule has 17 heavy (non-hydrogen) atoms. The minimum atomic E-state index is 0.101. The van der Waals surface area contributed by atoms with E-state index in [-0.39, 0.29) is 6.23 Å². The summed E-state index contributed by atoms with van der Waals surface area (Å²) in [6, 6.07) is 6.20. The van der Waals surface area contributed by atoms with Gasteiger partial charge in [-0.1, -0.05) is 6.07 Å². The van der Waals surface area contributed by atoms with Crippen LogP contribution in [0, 0.1) is 3.70 Å². The van der Waals surface area contributed by atoms with E-state index in [4.69, 9.17) is 4.74 Å². The van der Waals surface area contributed by atoms with Crippen molar-refractivity contribution in [2.75, 3.05) is 6.61 Å². The van der Waals surface area contributed by atoms with Gasteiger partial charge < -0.3 is 4.74 Å². The average Bonchev–Trinajstić information content (AvgIpc) is 2.69. The molecule has 3 rings (SSSR count). The zero-order valence-electron chi connectivity index (χ0n) is 9.20. The Morgan fingerprint density at radius 1 is 1.41 bits per heavy atom. The maximum absolute atomic E-state index is 5.81. The summed E-state index contributed by atoms with van der Waals surface area (Å²) in [6.45, 7) is 0.844. The van der Waals surface area contributed by atoms with Gasteiger partial charge in [-0.2, -0.15) is 5.10 Å². The van der Waals surface area contributed by atoms with Gasteiger partial charge in [-0.05, 0) is 69.9 Å². The third kappa shape index (κ3) is 2.13. The SMILES string of the molecule is Brc1cccc2c1c(I)nn2C1CCCCO1. The normalized spacial score (nSPS) is 20.9. The first-order valence-corrected chi connectivity index (χ1v) is 7.58. The van der Waals surface area contributed by atoms with Crippen LogP contribution in [0.1, 0.15) is 25.5 Å². The molecule has 1 unspecified atom stereocenters. The number of ether oxygens (including phenoxy) is 1. The number of aromatic nitrogens is 2. The first-order chi connectivity index (χ1) is 8.27. The van der Waals surface area contributed by atoms with Crippen molar-refractivity contribution in [3.63, 3.8) is 0 Å². The van der Waals surface area contributed by atoms with E-state index in [0.29, 0.717) is 0 Å². The summed E-state index contributed by atoms with van der Waals surface area (Å²) >= 11 is 5.87. The number of halogens is 2. The first kappa shape index (κ1) is 11.9. The molecule has 0 bridgehead atoms. The average molecular weight is 407 g/mol. The Labute approximate surface area is 122 Å². The molecule has 0 amide bonds. The molecule has 2 heterocycles. The fraction of sp³-hybridized carbons (Fsp3) is 0.417. The Morgan fingerprint density at radius 2 is 2.29 bits per heavy atom. The maximum atomic E-state index is 5.81. The fourth-order valence-corrected chi connectivity index (χ4v) is 3.96. The summed E-state index contributed by atoms with van der Waals surface area (Å²) in [4.78, 5) is 0. The van der Waals surface area contributed by atoms with E-state index in [0.717, 1.165) is 33.1 Å². The predicted octanol–water partition coefficient (Wildman–Crippen LogP) is 4.10. The molecule has 1 fully saturated rings. The van der Waals surface area contributed by atoms with Gasteiger partial charge in [-0.3, -0.25) is 0 Å². The van der Waals surface area contributed by atoms with Crippen LogP contribution in [0.25, 0.3) is 10.9 Å². The molecule has 1 saturated heterocycles. The minimum absolute atomic E-state index is 0.101. The number of fused-ring (bicyclic) bond motifs is 1. The van der Waals surface area contributed by atoms with Crippen molar-refractivity contribution in [2.45, 2.75) is 25.5 Å². The molecule has 5 heteroatoms. The van der Waals surface area contributed by atoms with Crippen molar-refractivity contribution < 1.29 is 4.74 Å². The number of nitrogens with zero attached hydrogens (tertiary/aromatic N) is 2. The second-order valence-corrected chi connectivity index (χ2v) is 6.07. The largest absolute Gasteiger partial charge is 0.356 e. The third-order valence-corrected chi connectivity index (χ3v) is 4.48. The summed E-state index contributed by atoms with van der Waals surface area (Å²) in [5.41, 5.74) is 1.15. The lowest BCUT2D eigenvalue weighted by atomic mass is 10.2. The van der Waals surface area contributed by atoms with Crippen LogP contribution in [0.15, 0.2) is 22.7 Å². The van der Waals surface area contributed by atoms with Crippen LogP contribution in [0.2, 0.25) is 0 Å². The number of hydrogen-bond acceptors (Lipinski definition) is 2. The van der Waals surface area contributed by atoms with Crippen LogP contribution in [0.5, 0.6) is 0 Å². The van der Waals surface area contributed by atoms with Gasteiger partial charge in [0.05, 0.1) is 5.52 Å². The molecule has 0 aliphatic carbocycles. The van der Waals surface area contributed by atoms with Crippen LogP contribution < -0.4 is 0 Å². The van der Waals surface area contributed by atoms with Crippen molar-refractivity contribution in [2.24, 2.45) is 0 Å². The van der Waals surface area contributed by atoms with Gasteiger partial charge in [0.15, 0.2) is 6.23 Å². The van der Waals surface area contributed by atoms with E-state index in [1.54, 1.807) is 0 Å². The molecule has 1 aliphatic rings. The van der Waals surface area contributed by atoms with E-state index in [2.05, 4.69) is 55.8 Å². The lowest BCUT2D eigenvalue weighted by Gasteiger charge is -2.23. The van der Waals surface area contributed by atoms with Gasteiger partial charge in [0.1, 0.15) is 3.70 Å². The van der Waals surface area contributed by atoms with Gasteiger partial charge in [0.25, 0.3) is 0 Å². The highest BCUT2D eigenvalue weighted by atomic mass is 127. The lowest BCUT2D eigenvalue weighted by Crippen LogP contribution is -2.19. The highest BCUT2D eigenvalue weighted by molar-refractivity contribution is 14.1. The lowest BCUT2D eigenvalue weighted by molar-refractivity contribution is -0.0368. The van der Waals surface area contributed by atoms with Crippen molar-refractivity contribution >= 4 is 49.4 Å². The molecular formula is C12H12BrIN2O. The molecule has 0 radical (unpaired) electrons. The first-order valence-electron chi connectivity index (χ1n) is 5.71. The van der Waals surface area contributed by atoms with Crippen LogP contribution >= 0.6 is 38.5 Å². The highest BCUT2D eigenvalue weighted by Crippen LogP contribution is 2.32. The Bertz CT molecular complexity index is 549. The second kappa shape index (κ2) is 4.85. The fourth-order valence-electron chi connectivity index (χ4n) is 2.24. The molecular weight excluding hydrogens is 395 g/mol.